The number of thiophene rings is 1. The summed E-state index contributed by atoms with van der Waals surface area (Å²) in [5, 5.41) is 5.91. The normalized spacial score (nSPS) is 10.4. The quantitative estimate of drug-likeness (QED) is 0.430. The number of methoxy groups -OCH3 is 1. The van der Waals surface area contributed by atoms with Crippen LogP contribution in [0, 0.1) is 6.92 Å². The molecule has 1 heterocycles. The number of para-hydroxylation sites is 2. The van der Waals surface area contributed by atoms with E-state index in [1.165, 1.54) is 7.11 Å². The number of hydrogen-bond donors (Lipinski definition) is 2. The van der Waals surface area contributed by atoms with Gasteiger partial charge in [-0.1, -0.05) is 42.5 Å². The number of aryl methyl sites for hydroxylation is 1. The molecule has 0 spiro atoms. The van der Waals surface area contributed by atoms with Crippen LogP contribution in [0.25, 0.3) is 0 Å². The maximum atomic E-state index is 13.0. The van der Waals surface area contributed by atoms with Crippen LogP contribution < -0.4 is 15.4 Å². The summed E-state index contributed by atoms with van der Waals surface area (Å²) in [4.78, 5) is 38.4. The Hall–Kier alpha value is -3.65. The van der Waals surface area contributed by atoms with Crippen LogP contribution in [-0.2, 0) is 16.0 Å². The number of rotatable bonds is 9. The summed E-state index contributed by atoms with van der Waals surface area (Å²) in [5.41, 5.74) is 2.18. The standard InChI is InChI=1S/C25H26N2O5S/c1-4-32-19-13-9-8-12-18(19)26-23(29)22-16(2)21(25(30)31-3)24(33-22)27-20(28)15-14-17-10-6-5-7-11-17/h5-13H,4,14-15H2,1-3H3,(H,26,29)(H,27,28). The minimum atomic E-state index is -0.615. The predicted molar refractivity (Wildman–Crippen MR) is 129 cm³/mol. The third-order valence-corrected chi connectivity index (χ3v) is 6.12. The van der Waals surface area contributed by atoms with Crippen molar-refractivity contribution in [2.45, 2.75) is 26.7 Å². The minimum Gasteiger partial charge on any atom is -0.492 e. The maximum Gasteiger partial charge on any atom is 0.341 e. The monoisotopic (exact) mass is 466 g/mol. The second-order valence-corrected chi connectivity index (χ2v) is 8.19. The van der Waals surface area contributed by atoms with Gasteiger partial charge in [-0.2, -0.15) is 0 Å². The number of carbonyl (C=O) groups excluding carboxylic acids is 3. The highest BCUT2D eigenvalue weighted by atomic mass is 32.1. The molecule has 2 N–H and O–H groups in total. The third-order valence-electron chi connectivity index (χ3n) is 4.91. The fourth-order valence-corrected chi connectivity index (χ4v) is 4.39. The molecule has 1 aromatic heterocycles. The van der Waals surface area contributed by atoms with Crippen molar-refractivity contribution in [3.05, 3.63) is 76.2 Å². The topological polar surface area (TPSA) is 93.7 Å². The third kappa shape index (κ3) is 5.98. The highest BCUT2D eigenvalue weighted by Crippen LogP contribution is 2.35. The van der Waals surface area contributed by atoms with Crippen molar-refractivity contribution >= 4 is 39.8 Å². The lowest BCUT2D eigenvalue weighted by Gasteiger charge is -2.11. The van der Waals surface area contributed by atoms with E-state index in [1.54, 1.807) is 25.1 Å². The van der Waals surface area contributed by atoms with Gasteiger partial charge in [0.2, 0.25) is 5.91 Å². The maximum absolute atomic E-state index is 13.0. The smallest absolute Gasteiger partial charge is 0.341 e. The second kappa shape index (κ2) is 11.3. The largest absolute Gasteiger partial charge is 0.492 e. The molecule has 0 aliphatic rings. The molecular formula is C25H26N2O5S. The Balaban J connectivity index is 1.81. The molecule has 0 unspecified atom stereocenters. The van der Waals surface area contributed by atoms with Crippen LogP contribution in [0.15, 0.2) is 54.6 Å². The van der Waals surface area contributed by atoms with Crippen molar-refractivity contribution in [1.29, 1.82) is 0 Å². The molecule has 0 fully saturated rings. The summed E-state index contributed by atoms with van der Waals surface area (Å²) in [6.45, 7) is 3.97. The van der Waals surface area contributed by atoms with E-state index in [9.17, 15) is 14.4 Å². The van der Waals surface area contributed by atoms with Crippen LogP contribution in [0.1, 0.15) is 44.5 Å². The minimum absolute atomic E-state index is 0.179. The molecule has 0 saturated heterocycles. The lowest BCUT2D eigenvalue weighted by atomic mass is 10.1. The molecule has 3 rings (SSSR count). The van der Waals surface area contributed by atoms with Gasteiger partial charge in [0, 0.05) is 6.42 Å². The molecule has 33 heavy (non-hydrogen) atoms. The number of carbonyl (C=O) groups is 3. The predicted octanol–water partition coefficient (Wildman–Crippen LogP) is 5.07. The van der Waals surface area contributed by atoms with E-state index in [2.05, 4.69) is 10.6 Å². The van der Waals surface area contributed by atoms with Gasteiger partial charge in [-0.05, 0) is 43.5 Å². The number of amides is 2. The molecule has 0 radical (unpaired) electrons. The van der Waals surface area contributed by atoms with E-state index in [1.807, 2.05) is 43.3 Å². The highest BCUT2D eigenvalue weighted by Gasteiger charge is 2.26. The first-order chi connectivity index (χ1) is 15.9. The molecule has 2 aromatic carbocycles. The highest BCUT2D eigenvalue weighted by molar-refractivity contribution is 7.18. The summed E-state index contributed by atoms with van der Waals surface area (Å²) >= 11 is 1.04. The van der Waals surface area contributed by atoms with Crippen molar-refractivity contribution in [3.63, 3.8) is 0 Å². The van der Waals surface area contributed by atoms with Crippen LogP contribution in [0.2, 0.25) is 0 Å². The van der Waals surface area contributed by atoms with E-state index in [0.717, 1.165) is 16.9 Å². The lowest BCUT2D eigenvalue weighted by Crippen LogP contribution is -2.15. The van der Waals surface area contributed by atoms with Crippen LogP contribution in [0.5, 0.6) is 5.75 Å². The van der Waals surface area contributed by atoms with Crippen molar-refractivity contribution < 1.29 is 23.9 Å². The first-order valence-electron chi connectivity index (χ1n) is 10.5. The summed E-state index contributed by atoms with van der Waals surface area (Å²) < 4.78 is 10.5. The fourth-order valence-electron chi connectivity index (χ4n) is 3.29. The van der Waals surface area contributed by atoms with E-state index in [4.69, 9.17) is 9.47 Å². The first kappa shape index (κ1) is 24.0. The van der Waals surface area contributed by atoms with E-state index in [-0.39, 0.29) is 17.9 Å². The van der Waals surface area contributed by atoms with Gasteiger partial charge in [-0.15, -0.1) is 11.3 Å². The zero-order chi connectivity index (χ0) is 23.8. The summed E-state index contributed by atoms with van der Waals surface area (Å²) in [6, 6.07) is 16.8. The SMILES string of the molecule is CCOc1ccccc1NC(=O)c1sc(NC(=O)CCc2ccccc2)c(C(=O)OC)c1C. The Bertz CT molecular complexity index is 1140. The number of nitrogens with one attached hydrogen (secondary N) is 2. The van der Waals surface area contributed by atoms with Gasteiger partial charge < -0.3 is 20.1 Å². The lowest BCUT2D eigenvalue weighted by molar-refractivity contribution is -0.116. The molecule has 0 aliphatic carbocycles. The summed E-state index contributed by atoms with van der Waals surface area (Å²) in [6.07, 6.45) is 0.803. The van der Waals surface area contributed by atoms with E-state index < -0.39 is 11.9 Å². The molecule has 7 nitrogen and oxygen atoms in total. The van der Waals surface area contributed by atoms with E-state index >= 15 is 0 Å². The van der Waals surface area contributed by atoms with Crippen molar-refractivity contribution in [2.24, 2.45) is 0 Å². The molecule has 3 aromatic rings. The number of anilines is 2. The molecule has 0 atom stereocenters. The van der Waals surface area contributed by atoms with Gasteiger partial charge in [0.1, 0.15) is 10.8 Å². The summed E-state index contributed by atoms with van der Waals surface area (Å²) in [7, 11) is 1.26. The van der Waals surface area contributed by atoms with Crippen LogP contribution >= 0.6 is 11.3 Å². The van der Waals surface area contributed by atoms with Gasteiger partial charge >= 0.3 is 5.97 Å². The van der Waals surface area contributed by atoms with Gasteiger partial charge in [-0.25, -0.2) is 4.79 Å². The first-order valence-corrected chi connectivity index (χ1v) is 11.3. The number of esters is 1. The number of benzene rings is 2. The molecule has 2 amide bonds. The van der Waals surface area contributed by atoms with Crippen LogP contribution in [0.3, 0.4) is 0 Å². The zero-order valence-corrected chi connectivity index (χ0v) is 19.6. The molecule has 8 heteroatoms. The molecule has 0 saturated carbocycles. The Morgan fingerprint density at radius 3 is 2.36 bits per heavy atom. The average molecular weight is 467 g/mol. The Morgan fingerprint density at radius 1 is 0.970 bits per heavy atom. The van der Waals surface area contributed by atoms with Gasteiger partial charge in [0.25, 0.3) is 5.91 Å². The molecule has 0 bridgehead atoms. The number of ether oxygens (including phenoxy) is 2. The average Bonchev–Trinajstić information content (AvgIpc) is 3.15. The second-order valence-electron chi connectivity index (χ2n) is 7.17. The van der Waals surface area contributed by atoms with Crippen molar-refractivity contribution in [2.75, 3.05) is 24.4 Å². The summed E-state index contributed by atoms with van der Waals surface area (Å²) in [5.74, 6) is -0.723. The van der Waals surface area contributed by atoms with Gasteiger partial charge in [0.15, 0.2) is 0 Å². The molecule has 172 valence electrons. The zero-order valence-electron chi connectivity index (χ0n) is 18.8. The molecular weight excluding hydrogens is 440 g/mol. The Morgan fingerprint density at radius 2 is 1.67 bits per heavy atom. The van der Waals surface area contributed by atoms with Crippen LogP contribution in [0.4, 0.5) is 10.7 Å². The van der Waals surface area contributed by atoms with Crippen molar-refractivity contribution in [1.82, 2.24) is 0 Å². The Labute approximate surface area is 196 Å². The van der Waals surface area contributed by atoms with Gasteiger partial charge in [-0.3, -0.25) is 9.59 Å². The molecule has 0 aliphatic heterocycles. The van der Waals surface area contributed by atoms with Crippen LogP contribution in [-0.4, -0.2) is 31.5 Å². The van der Waals surface area contributed by atoms with Crippen molar-refractivity contribution in [3.8, 4) is 5.75 Å². The van der Waals surface area contributed by atoms with Gasteiger partial charge in [0.05, 0.1) is 29.8 Å². The van der Waals surface area contributed by atoms with E-state index in [0.29, 0.717) is 39.9 Å². The fraction of sp³-hybridized carbons (Fsp3) is 0.240. The number of hydrogen-bond acceptors (Lipinski definition) is 6. The Kier molecular flexibility index (Phi) is 8.21.